The summed E-state index contributed by atoms with van der Waals surface area (Å²) in [7, 11) is 0. The zero-order chi connectivity index (χ0) is 9.03. The third kappa shape index (κ3) is 3.15. The third-order valence-corrected chi connectivity index (χ3v) is 3.43. The predicted molar refractivity (Wildman–Crippen MR) is 51.6 cm³/mol. The molecular weight excluding hydrogens is 172 g/mol. The molecule has 12 heavy (non-hydrogen) atoms. The van der Waals surface area contributed by atoms with E-state index >= 15 is 0 Å². The SMILES string of the molecule is CC(C)(C=O)SC1CCOCC1. The Morgan fingerprint density at radius 3 is 2.50 bits per heavy atom. The highest BCUT2D eigenvalue weighted by Gasteiger charge is 2.24. The van der Waals surface area contributed by atoms with Crippen LogP contribution in [0.15, 0.2) is 0 Å². The van der Waals surface area contributed by atoms with Crippen molar-refractivity contribution in [1.29, 1.82) is 0 Å². The molecule has 3 heteroatoms. The summed E-state index contributed by atoms with van der Waals surface area (Å²) in [4.78, 5) is 10.6. The van der Waals surface area contributed by atoms with Gasteiger partial charge in [-0.05, 0) is 26.7 Å². The minimum absolute atomic E-state index is 0.220. The minimum atomic E-state index is -0.220. The van der Waals surface area contributed by atoms with Gasteiger partial charge in [0, 0.05) is 18.5 Å². The van der Waals surface area contributed by atoms with E-state index in [1.54, 1.807) is 11.8 Å². The van der Waals surface area contributed by atoms with E-state index in [-0.39, 0.29) is 4.75 Å². The molecule has 0 aromatic carbocycles. The summed E-state index contributed by atoms with van der Waals surface area (Å²) < 4.78 is 5.03. The fourth-order valence-corrected chi connectivity index (χ4v) is 2.59. The van der Waals surface area contributed by atoms with Gasteiger partial charge in [-0.15, -0.1) is 11.8 Å². The Balaban J connectivity index is 2.33. The van der Waals surface area contributed by atoms with Crippen molar-refractivity contribution in [2.45, 2.75) is 36.7 Å². The fraction of sp³-hybridized carbons (Fsp3) is 0.889. The van der Waals surface area contributed by atoms with Crippen LogP contribution in [0.1, 0.15) is 26.7 Å². The molecule has 0 radical (unpaired) electrons. The second-order valence-electron chi connectivity index (χ2n) is 3.65. The molecule has 1 aliphatic heterocycles. The van der Waals surface area contributed by atoms with Crippen LogP contribution in [0, 0.1) is 0 Å². The molecule has 1 aliphatic rings. The highest BCUT2D eigenvalue weighted by molar-refractivity contribution is 8.01. The third-order valence-electron chi connectivity index (χ3n) is 1.92. The van der Waals surface area contributed by atoms with Gasteiger partial charge in [0.2, 0.25) is 0 Å². The zero-order valence-corrected chi connectivity index (χ0v) is 8.52. The van der Waals surface area contributed by atoms with Crippen LogP contribution < -0.4 is 0 Å². The number of aldehydes is 1. The van der Waals surface area contributed by atoms with E-state index in [0.29, 0.717) is 5.25 Å². The molecule has 0 unspecified atom stereocenters. The number of rotatable bonds is 3. The Hall–Kier alpha value is -0.0200. The Labute approximate surface area is 78.1 Å². The molecule has 70 valence electrons. The van der Waals surface area contributed by atoms with Gasteiger partial charge in [0.05, 0.1) is 4.75 Å². The molecule has 1 heterocycles. The molecule has 1 saturated heterocycles. The van der Waals surface area contributed by atoms with E-state index in [1.807, 2.05) is 13.8 Å². The van der Waals surface area contributed by atoms with Gasteiger partial charge in [-0.1, -0.05) is 0 Å². The molecule has 2 nitrogen and oxygen atoms in total. The van der Waals surface area contributed by atoms with E-state index in [2.05, 4.69) is 0 Å². The molecule has 0 atom stereocenters. The van der Waals surface area contributed by atoms with Crippen LogP contribution in [0.2, 0.25) is 0 Å². The predicted octanol–water partition coefficient (Wildman–Crippen LogP) is 1.88. The lowest BCUT2D eigenvalue weighted by atomic mass is 10.2. The Morgan fingerprint density at radius 2 is 2.00 bits per heavy atom. The first kappa shape index (κ1) is 10.1. The van der Waals surface area contributed by atoms with Crippen molar-refractivity contribution in [3.05, 3.63) is 0 Å². The van der Waals surface area contributed by atoms with E-state index in [1.165, 1.54) is 0 Å². The van der Waals surface area contributed by atoms with Gasteiger partial charge in [0.25, 0.3) is 0 Å². The minimum Gasteiger partial charge on any atom is -0.381 e. The molecule has 0 amide bonds. The monoisotopic (exact) mass is 188 g/mol. The van der Waals surface area contributed by atoms with Crippen LogP contribution in [-0.4, -0.2) is 29.5 Å². The molecule has 0 N–H and O–H groups in total. The highest BCUT2D eigenvalue weighted by atomic mass is 32.2. The van der Waals surface area contributed by atoms with E-state index in [4.69, 9.17) is 4.74 Å². The van der Waals surface area contributed by atoms with Crippen molar-refractivity contribution in [1.82, 2.24) is 0 Å². The van der Waals surface area contributed by atoms with Gasteiger partial charge < -0.3 is 9.53 Å². The fourth-order valence-electron chi connectivity index (χ4n) is 1.25. The number of hydrogen-bond donors (Lipinski definition) is 0. The molecule has 0 saturated carbocycles. The maximum atomic E-state index is 10.6. The Morgan fingerprint density at radius 1 is 1.42 bits per heavy atom. The quantitative estimate of drug-likeness (QED) is 0.632. The van der Waals surface area contributed by atoms with Gasteiger partial charge in [-0.2, -0.15) is 0 Å². The number of carbonyl (C=O) groups is 1. The van der Waals surface area contributed by atoms with Crippen LogP contribution in [-0.2, 0) is 9.53 Å². The summed E-state index contributed by atoms with van der Waals surface area (Å²) >= 11 is 1.77. The summed E-state index contributed by atoms with van der Waals surface area (Å²) in [5.41, 5.74) is 0. The summed E-state index contributed by atoms with van der Waals surface area (Å²) in [6, 6.07) is 0. The van der Waals surface area contributed by atoms with Crippen LogP contribution in [0.4, 0.5) is 0 Å². The average Bonchev–Trinajstić information content (AvgIpc) is 2.06. The Bertz CT molecular complexity index is 151. The lowest BCUT2D eigenvalue weighted by molar-refractivity contribution is -0.109. The molecule has 0 aliphatic carbocycles. The highest BCUT2D eigenvalue weighted by Crippen LogP contribution is 2.32. The first-order chi connectivity index (χ1) is 5.64. The van der Waals surface area contributed by atoms with Crippen LogP contribution in [0.3, 0.4) is 0 Å². The van der Waals surface area contributed by atoms with Crippen molar-refractivity contribution in [2.24, 2.45) is 0 Å². The molecule has 0 aromatic rings. The lowest BCUT2D eigenvalue weighted by Gasteiger charge is -2.27. The maximum Gasteiger partial charge on any atom is 0.135 e. The van der Waals surface area contributed by atoms with Crippen molar-refractivity contribution in [2.75, 3.05) is 13.2 Å². The van der Waals surface area contributed by atoms with E-state index < -0.39 is 0 Å². The molecule has 0 spiro atoms. The number of carbonyl (C=O) groups excluding carboxylic acids is 1. The smallest absolute Gasteiger partial charge is 0.135 e. The lowest BCUT2D eigenvalue weighted by Crippen LogP contribution is -2.26. The summed E-state index contributed by atoms with van der Waals surface area (Å²) in [5, 5.41) is 0.610. The normalized spacial score (nSPS) is 20.8. The standard InChI is InChI=1S/C9H16O2S/c1-9(2,7-10)12-8-3-5-11-6-4-8/h7-8H,3-6H2,1-2H3. The summed E-state index contributed by atoms with van der Waals surface area (Å²) in [5.74, 6) is 0. The van der Waals surface area contributed by atoms with Gasteiger partial charge >= 0.3 is 0 Å². The van der Waals surface area contributed by atoms with Crippen LogP contribution >= 0.6 is 11.8 Å². The van der Waals surface area contributed by atoms with Crippen LogP contribution in [0.25, 0.3) is 0 Å². The Kier molecular flexibility index (Phi) is 3.59. The largest absolute Gasteiger partial charge is 0.381 e. The van der Waals surface area contributed by atoms with Crippen molar-refractivity contribution in [3.63, 3.8) is 0 Å². The molecule has 1 rings (SSSR count). The first-order valence-corrected chi connectivity index (χ1v) is 5.24. The number of thioether (sulfide) groups is 1. The second-order valence-corrected chi connectivity index (χ2v) is 5.61. The van der Waals surface area contributed by atoms with Gasteiger partial charge in [0.1, 0.15) is 6.29 Å². The van der Waals surface area contributed by atoms with E-state index in [0.717, 1.165) is 32.3 Å². The zero-order valence-electron chi connectivity index (χ0n) is 7.71. The number of ether oxygens (including phenoxy) is 1. The second kappa shape index (κ2) is 4.28. The topological polar surface area (TPSA) is 26.3 Å². The average molecular weight is 188 g/mol. The molecule has 1 fully saturated rings. The van der Waals surface area contributed by atoms with Gasteiger partial charge in [-0.3, -0.25) is 0 Å². The summed E-state index contributed by atoms with van der Waals surface area (Å²) in [6.45, 7) is 5.65. The molecular formula is C9H16O2S. The van der Waals surface area contributed by atoms with E-state index in [9.17, 15) is 4.79 Å². The maximum absolute atomic E-state index is 10.6. The van der Waals surface area contributed by atoms with Gasteiger partial charge in [0.15, 0.2) is 0 Å². The van der Waals surface area contributed by atoms with Crippen LogP contribution in [0.5, 0.6) is 0 Å². The number of hydrogen-bond acceptors (Lipinski definition) is 3. The van der Waals surface area contributed by atoms with Gasteiger partial charge in [-0.25, -0.2) is 0 Å². The van der Waals surface area contributed by atoms with Crippen molar-refractivity contribution < 1.29 is 9.53 Å². The first-order valence-electron chi connectivity index (χ1n) is 4.36. The van der Waals surface area contributed by atoms with Crippen molar-refractivity contribution in [3.8, 4) is 0 Å². The molecule has 0 bridgehead atoms. The van der Waals surface area contributed by atoms with Crippen molar-refractivity contribution >= 4 is 18.0 Å². The summed E-state index contributed by atoms with van der Waals surface area (Å²) in [6.07, 6.45) is 3.21. The molecule has 0 aromatic heterocycles.